The van der Waals surface area contributed by atoms with E-state index in [2.05, 4.69) is 44.7 Å². The third-order valence-corrected chi connectivity index (χ3v) is 6.54. The fourth-order valence-electron chi connectivity index (χ4n) is 4.06. The molecule has 190 valence electrons. The Kier molecular flexibility index (Phi) is 11.3. The van der Waals surface area contributed by atoms with E-state index in [4.69, 9.17) is 9.47 Å². The predicted octanol–water partition coefficient (Wildman–Crippen LogP) is 9.07. The smallest absolute Gasteiger partial charge is 0.343 e. The Bertz CT molecular complexity index is 1050. The molecular weight excluding hydrogens is 444 g/mol. The van der Waals surface area contributed by atoms with Crippen LogP contribution in [0.15, 0.2) is 85.5 Å². The third-order valence-electron chi connectivity index (χ3n) is 6.54. The molecule has 0 aliphatic carbocycles. The molecule has 3 aromatic rings. The molecule has 0 radical (unpaired) electrons. The monoisotopic (exact) mass is 484 g/mol. The van der Waals surface area contributed by atoms with Crippen molar-refractivity contribution >= 4 is 5.97 Å². The largest absolute Gasteiger partial charge is 0.494 e. The standard InChI is InChI=1S/C33H40O3/c1-4-6-7-8-9-10-11-24-35-31-20-22-32(23-21-31)36-33(34)30-18-16-29(17-19-30)28-14-12-27(13-15-28)25-26(3)5-2/h4,12-23,26H,1,5-11,24-25H2,2-3H3/t26-/m0/s1. The number of unbranched alkanes of at least 4 members (excludes halogenated alkanes) is 5. The average Bonchev–Trinajstić information content (AvgIpc) is 2.91. The van der Waals surface area contributed by atoms with Crippen LogP contribution in [0.3, 0.4) is 0 Å². The summed E-state index contributed by atoms with van der Waals surface area (Å²) in [5.74, 6) is 1.63. The van der Waals surface area contributed by atoms with Gasteiger partial charge < -0.3 is 9.47 Å². The Morgan fingerprint density at radius 3 is 2.03 bits per heavy atom. The number of esters is 1. The molecule has 0 fully saturated rings. The van der Waals surface area contributed by atoms with Gasteiger partial charge in [0.1, 0.15) is 11.5 Å². The lowest BCUT2D eigenvalue weighted by molar-refractivity contribution is 0.0734. The second-order valence-corrected chi connectivity index (χ2v) is 9.55. The highest BCUT2D eigenvalue weighted by Crippen LogP contribution is 2.23. The molecular formula is C33H40O3. The SMILES string of the molecule is C=CCCCCCCCOc1ccc(OC(=O)c2ccc(-c3ccc(C[C@@H](C)CC)cc3)cc2)cc1. The summed E-state index contributed by atoms with van der Waals surface area (Å²) in [6.07, 6.45) is 11.3. The lowest BCUT2D eigenvalue weighted by Crippen LogP contribution is -2.08. The van der Waals surface area contributed by atoms with E-state index in [1.165, 1.54) is 37.7 Å². The van der Waals surface area contributed by atoms with Crippen LogP contribution in [-0.4, -0.2) is 12.6 Å². The van der Waals surface area contributed by atoms with Crippen molar-refractivity contribution in [3.05, 3.63) is 96.6 Å². The summed E-state index contributed by atoms with van der Waals surface area (Å²) >= 11 is 0. The van der Waals surface area contributed by atoms with Gasteiger partial charge in [-0.05, 0) is 84.7 Å². The average molecular weight is 485 g/mol. The summed E-state index contributed by atoms with van der Waals surface area (Å²) < 4.78 is 11.4. The van der Waals surface area contributed by atoms with Crippen LogP contribution in [0, 0.1) is 5.92 Å². The number of allylic oxidation sites excluding steroid dienone is 1. The van der Waals surface area contributed by atoms with E-state index >= 15 is 0 Å². The fourth-order valence-corrected chi connectivity index (χ4v) is 4.06. The first-order valence-electron chi connectivity index (χ1n) is 13.3. The number of ether oxygens (including phenoxy) is 2. The maximum Gasteiger partial charge on any atom is 0.343 e. The van der Waals surface area contributed by atoms with Gasteiger partial charge in [-0.3, -0.25) is 0 Å². The maximum atomic E-state index is 12.6. The van der Waals surface area contributed by atoms with Crippen molar-refractivity contribution in [2.75, 3.05) is 6.61 Å². The lowest BCUT2D eigenvalue weighted by atomic mass is 9.96. The normalized spacial score (nSPS) is 11.6. The number of hydrogen-bond donors (Lipinski definition) is 0. The first-order valence-corrected chi connectivity index (χ1v) is 13.3. The van der Waals surface area contributed by atoms with Crippen molar-refractivity contribution in [1.29, 1.82) is 0 Å². The Morgan fingerprint density at radius 2 is 1.39 bits per heavy atom. The van der Waals surface area contributed by atoms with E-state index in [1.54, 1.807) is 12.1 Å². The molecule has 0 aliphatic rings. The van der Waals surface area contributed by atoms with Crippen LogP contribution in [0.25, 0.3) is 11.1 Å². The molecule has 36 heavy (non-hydrogen) atoms. The molecule has 3 nitrogen and oxygen atoms in total. The fraction of sp³-hybridized carbons (Fsp3) is 0.364. The van der Waals surface area contributed by atoms with Crippen LogP contribution in [0.5, 0.6) is 11.5 Å². The quantitative estimate of drug-likeness (QED) is 0.0934. The van der Waals surface area contributed by atoms with Crippen LogP contribution in [0.4, 0.5) is 0 Å². The Hall–Kier alpha value is -3.33. The van der Waals surface area contributed by atoms with Crippen molar-refractivity contribution in [3.8, 4) is 22.6 Å². The van der Waals surface area contributed by atoms with Crippen molar-refractivity contribution in [2.24, 2.45) is 5.92 Å². The lowest BCUT2D eigenvalue weighted by Gasteiger charge is -2.10. The summed E-state index contributed by atoms with van der Waals surface area (Å²) in [6, 6.07) is 23.5. The van der Waals surface area contributed by atoms with E-state index in [-0.39, 0.29) is 5.97 Å². The van der Waals surface area contributed by atoms with Crippen LogP contribution in [0.1, 0.15) is 74.7 Å². The highest BCUT2D eigenvalue weighted by Gasteiger charge is 2.10. The summed E-state index contributed by atoms with van der Waals surface area (Å²) in [5, 5.41) is 0. The van der Waals surface area contributed by atoms with Crippen LogP contribution in [-0.2, 0) is 6.42 Å². The van der Waals surface area contributed by atoms with E-state index < -0.39 is 0 Å². The molecule has 1 atom stereocenters. The molecule has 3 rings (SSSR count). The Balaban J connectivity index is 1.44. The van der Waals surface area contributed by atoms with Gasteiger partial charge in [0, 0.05) is 0 Å². The Morgan fingerprint density at radius 1 is 0.806 bits per heavy atom. The molecule has 0 N–H and O–H groups in total. The zero-order valence-electron chi connectivity index (χ0n) is 21.9. The van der Waals surface area contributed by atoms with Crippen molar-refractivity contribution < 1.29 is 14.3 Å². The van der Waals surface area contributed by atoms with Gasteiger partial charge in [0.25, 0.3) is 0 Å². The number of benzene rings is 3. The highest BCUT2D eigenvalue weighted by atomic mass is 16.5. The van der Waals surface area contributed by atoms with Crippen molar-refractivity contribution in [3.63, 3.8) is 0 Å². The summed E-state index contributed by atoms with van der Waals surface area (Å²) in [4.78, 5) is 12.6. The minimum Gasteiger partial charge on any atom is -0.494 e. The van der Waals surface area contributed by atoms with Gasteiger partial charge >= 0.3 is 5.97 Å². The van der Waals surface area contributed by atoms with Gasteiger partial charge in [0.05, 0.1) is 12.2 Å². The van der Waals surface area contributed by atoms with E-state index in [9.17, 15) is 4.79 Å². The molecule has 0 saturated carbocycles. The minimum atomic E-state index is -0.365. The zero-order chi connectivity index (χ0) is 25.6. The molecule has 0 heterocycles. The van der Waals surface area contributed by atoms with Gasteiger partial charge in [-0.25, -0.2) is 4.79 Å². The van der Waals surface area contributed by atoms with Crippen molar-refractivity contribution in [2.45, 2.75) is 65.2 Å². The van der Waals surface area contributed by atoms with Crippen LogP contribution >= 0.6 is 0 Å². The predicted molar refractivity (Wildman–Crippen MR) is 150 cm³/mol. The molecule has 3 aromatic carbocycles. The number of hydrogen-bond acceptors (Lipinski definition) is 3. The topological polar surface area (TPSA) is 35.5 Å². The van der Waals surface area contributed by atoms with Crippen LogP contribution in [0.2, 0.25) is 0 Å². The third kappa shape index (κ3) is 9.03. The molecule has 0 unspecified atom stereocenters. The second-order valence-electron chi connectivity index (χ2n) is 9.55. The summed E-state index contributed by atoms with van der Waals surface area (Å²) in [6.45, 7) is 8.97. The van der Waals surface area contributed by atoms with Gasteiger partial charge in [-0.2, -0.15) is 0 Å². The number of carbonyl (C=O) groups is 1. The second kappa shape index (κ2) is 14.9. The summed E-state index contributed by atoms with van der Waals surface area (Å²) in [5.41, 5.74) is 4.12. The maximum absolute atomic E-state index is 12.6. The summed E-state index contributed by atoms with van der Waals surface area (Å²) in [7, 11) is 0. The van der Waals surface area contributed by atoms with E-state index in [0.717, 1.165) is 36.1 Å². The Labute approximate surface area is 217 Å². The van der Waals surface area contributed by atoms with Crippen molar-refractivity contribution in [1.82, 2.24) is 0 Å². The zero-order valence-corrected chi connectivity index (χ0v) is 21.9. The van der Waals surface area contributed by atoms with Gasteiger partial charge in [-0.1, -0.05) is 82.0 Å². The first kappa shape index (κ1) is 27.3. The van der Waals surface area contributed by atoms with Gasteiger partial charge in [0.15, 0.2) is 0 Å². The molecule has 0 saturated heterocycles. The molecule has 0 amide bonds. The molecule has 0 aliphatic heterocycles. The van der Waals surface area contributed by atoms with E-state index in [1.807, 2.05) is 42.5 Å². The van der Waals surface area contributed by atoms with Gasteiger partial charge in [0.2, 0.25) is 0 Å². The van der Waals surface area contributed by atoms with Gasteiger partial charge in [-0.15, -0.1) is 6.58 Å². The molecule has 0 aromatic heterocycles. The number of rotatable bonds is 15. The van der Waals surface area contributed by atoms with E-state index in [0.29, 0.717) is 23.8 Å². The first-order chi connectivity index (χ1) is 17.6. The molecule has 3 heteroatoms. The molecule has 0 spiro atoms. The van der Waals surface area contributed by atoms with Crippen LogP contribution < -0.4 is 9.47 Å². The molecule has 0 bridgehead atoms. The minimum absolute atomic E-state index is 0.365. The number of carbonyl (C=O) groups excluding carboxylic acids is 1. The highest BCUT2D eigenvalue weighted by molar-refractivity contribution is 5.91.